The molecular formula is C3H35N2PS3VW. The summed E-state index contributed by atoms with van der Waals surface area (Å²) in [6.45, 7) is 0. The van der Waals surface area contributed by atoms with Crippen molar-refractivity contribution in [2.24, 2.45) is 0 Å². The van der Waals surface area contributed by atoms with Gasteiger partial charge in [0.05, 0.1) is 0 Å². The van der Waals surface area contributed by atoms with Crippen LogP contribution in [0.1, 0.15) is 28.0 Å². The van der Waals surface area contributed by atoms with Crippen LogP contribution < -0.4 is 12.3 Å². The van der Waals surface area contributed by atoms with Crippen LogP contribution in [0.15, 0.2) is 0 Å². The molecular weight excluding hydrogens is 426 g/mol. The zero-order chi connectivity index (χ0) is 0. The fourth-order valence-electron chi connectivity index (χ4n) is 0. The maximum Gasteiger partial charge on any atom is 0 e. The van der Waals surface area contributed by atoms with Crippen molar-refractivity contribution < 1.29 is 45.3 Å². The summed E-state index contributed by atoms with van der Waals surface area (Å²) in [4.78, 5) is 0. The molecule has 8 heteroatoms. The van der Waals surface area contributed by atoms with E-state index in [-0.39, 0.29) is 130 Å². The molecule has 2 nitrogen and oxygen atoms in total. The average Bonchev–Trinajstić information content (AvgIpc) is 0. The van der Waals surface area contributed by atoms with Gasteiger partial charge in [-0.05, 0) is 0 Å². The van der Waals surface area contributed by atoms with E-state index >= 15 is 0 Å². The Labute approximate surface area is 129 Å². The number of hydrogen-bond donors (Lipinski definition) is 2. The van der Waals surface area contributed by atoms with E-state index in [0.29, 0.717) is 0 Å². The van der Waals surface area contributed by atoms with Crippen LogP contribution in [-0.4, -0.2) is 0 Å². The smallest absolute Gasteiger partial charge is 0 e. The van der Waals surface area contributed by atoms with E-state index in [4.69, 9.17) is 0 Å². The molecule has 0 aliphatic rings. The minimum atomic E-state index is 0. The average molecular weight is 467 g/mol. The monoisotopic (exact) mass is 467 g/mol. The molecule has 0 saturated carbocycles. The van der Waals surface area contributed by atoms with Crippen molar-refractivity contribution in [1.29, 1.82) is 0 Å². The maximum atomic E-state index is 0. The van der Waals surface area contributed by atoms with Crippen LogP contribution in [0.3, 0.4) is 0 Å². The van der Waals surface area contributed by atoms with E-state index in [0.717, 1.165) is 0 Å². The van der Waals surface area contributed by atoms with Crippen LogP contribution in [0.4, 0.5) is 0 Å². The quantitative estimate of drug-likeness (QED) is 0.535. The summed E-state index contributed by atoms with van der Waals surface area (Å²) in [6, 6.07) is 0. The maximum absolute atomic E-state index is 0. The summed E-state index contributed by atoms with van der Waals surface area (Å²) in [5, 5.41) is 0. The Bertz CT molecular complexity index is 39.1. The minimum absolute atomic E-state index is 0. The molecule has 0 aliphatic heterocycles. The van der Waals surface area contributed by atoms with E-state index < -0.39 is 0 Å². The van der Waals surface area contributed by atoms with Crippen LogP contribution in [0.2, 0.25) is 0 Å². The predicted octanol–water partition coefficient (Wildman–Crippen LogP) is 3.61. The summed E-state index contributed by atoms with van der Waals surface area (Å²) in [5.41, 5.74) is 0. The van der Waals surface area contributed by atoms with Gasteiger partial charge in [-0.25, -0.2) is 0 Å². The molecule has 1 atom stereocenters. The molecule has 0 bridgehead atoms. The van der Waals surface area contributed by atoms with E-state index in [2.05, 4.69) is 0 Å². The van der Waals surface area contributed by atoms with Crippen molar-refractivity contribution in [3.8, 4) is 0 Å². The molecule has 0 aliphatic carbocycles. The standard InChI is InChI=1S/3CH4.2H3N.H3P.3H2S.V.W.4H2/h3*1H4;3*1H3;3*1H2;;;4*1H/i;;;;;;;;;;;2*1+2;2*1+1. The van der Waals surface area contributed by atoms with Crippen LogP contribution in [0.5, 0.6) is 0 Å². The van der Waals surface area contributed by atoms with Gasteiger partial charge in [0, 0.05) is 45.3 Å². The van der Waals surface area contributed by atoms with Gasteiger partial charge in [0.15, 0.2) is 0 Å². The molecule has 0 rings (SSSR count). The first-order chi connectivity index (χ1) is 0. The van der Waals surface area contributed by atoms with Crippen LogP contribution in [-0.2, 0) is 39.6 Å². The van der Waals surface area contributed by atoms with Crippen molar-refractivity contribution in [1.82, 2.24) is 12.3 Å². The van der Waals surface area contributed by atoms with E-state index in [1.165, 1.54) is 0 Å². The second-order valence-electron chi connectivity index (χ2n) is 0. The molecule has 0 fully saturated rings. The van der Waals surface area contributed by atoms with E-state index in [9.17, 15) is 0 Å². The summed E-state index contributed by atoms with van der Waals surface area (Å²) in [7, 11) is 0. The molecule has 0 heterocycles. The first-order valence-electron chi connectivity index (χ1n) is 0. The van der Waals surface area contributed by atoms with Gasteiger partial charge in [-0.1, -0.05) is 22.3 Å². The van der Waals surface area contributed by atoms with Gasteiger partial charge in [0.2, 0.25) is 0 Å². The van der Waals surface area contributed by atoms with E-state index in [1.54, 1.807) is 0 Å². The SMILES string of the molecule is C.C.C.N.N.P.S.S.S.[2HH].[2HH].[3HH].[3HH].[V].[W]. The largest absolute Gasteiger partial charge is 0.344 e. The number of hydrogen-bond acceptors (Lipinski definition) is 2. The van der Waals surface area contributed by atoms with E-state index in [1.807, 2.05) is 0 Å². The second kappa shape index (κ2) is 242. The third-order valence-electron chi connectivity index (χ3n) is 0. The second-order valence-corrected chi connectivity index (χ2v) is 0. The fraction of sp³-hybridized carbons (Fsp3) is 1.00. The summed E-state index contributed by atoms with van der Waals surface area (Å²) in [6.07, 6.45) is 0. The Morgan fingerprint density at radius 3 is 0.727 bits per heavy atom. The normalized spacial score (nSPS) is 0. The molecule has 0 amide bonds. The molecule has 11 heavy (non-hydrogen) atoms. The van der Waals surface area contributed by atoms with Crippen molar-refractivity contribution in [3.05, 3.63) is 0 Å². The molecule has 1 radical (unpaired) electrons. The number of rotatable bonds is 0. The summed E-state index contributed by atoms with van der Waals surface area (Å²) >= 11 is 0. The molecule has 0 aromatic rings. The van der Waals surface area contributed by atoms with Crippen LogP contribution in [0, 0.1) is 0 Å². The van der Waals surface area contributed by atoms with Crippen molar-refractivity contribution in [2.75, 3.05) is 0 Å². The Morgan fingerprint density at radius 2 is 0.727 bits per heavy atom. The van der Waals surface area contributed by atoms with Gasteiger partial charge >= 0.3 is 0 Å². The fourth-order valence-corrected chi connectivity index (χ4v) is 0. The molecule has 91 valence electrons. The van der Waals surface area contributed by atoms with Crippen LogP contribution in [0.25, 0.3) is 0 Å². The zero-order valence-electron chi connectivity index (χ0n) is 4.48. The molecule has 6 N–H and O–H groups in total. The first kappa shape index (κ1) is 307. The Kier molecular flexibility index (Phi) is 6750. The van der Waals surface area contributed by atoms with Gasteiger partial charge in [0.25, 0.3) is 0 Å². The molecule has 0 aromatic carbocycles. The topological polar surface area (TPSA) is 70.0 Å². The first-order valence-corrected chi connectivity index (χ1v) is 0. The molecule has 0 aromatic heterocycles. The Morgan fingerprint density at radius 1 is 0.727 bits per heavy atom. The van der Waals surface area contributed by atoms with Gasteiger partial charge in [-0.2, -0.15) is 50.4 Å². The van der Waals surface area contributed by atoms with Gasteiger partial charge in [0.1, 0.15) is 0 Å². The molecule has 0 spiro atoms. The summed E-state index contributed by atoms with van der Waals surface area (Å²) < 4.78 is 0. The van der Waals surface area contributed by atoms with Gasteiger partial charge in [-0.15, -0.1) is 0 Å². The van der Waals surface area contributed by atoms with Crippen molar-refractivity contribution in [2.45, 2.75) is 22.3 Å². The van der Waals surface area contributed by atoms with Gasteiger partial charge in [-0.3, -0.25) is 0 Å². The molecule has 1 unspecified atom stereocenters. The third-order valence-corrected chi connectivity index (χ3v) is 0. The molecule has 0 saturated heterocycles. The Hall–Kier alpha value is 2.67. The minimum Gasteiger partial charge on any atom is -0.344 e. The van der Waals surface area contributed by atoms with Crippen molar-refractivity contribution >= 4 is 50.4 Å². The predicted molar refractivity (Wildman–Crippen MR) is 80.9 cm³/mol. The van der Waals surface area contributed by atoms with Crippen molar-refractivity contribution in [3.63, 3.8) is 0 Å². The third kappa shape index (κ3) is 202. The summed E-state index contributed by atoms with van der Waals surface area (Å²) in [5.74, 6) is 0. The zero-order valence-corrected chi connectivity index (χ0v) is 13.2. The Balaban J connectivity index is 0. The van der Waals surface area contributed by atoms with Crippen LogP contribution >= 0.6 is 50.4 Å². The van der Waals surface area contributed by atoms with Gasteiger partial charge < -0.3 is 12.3 Å².